The summed E-state index contributed by atoms with van der Waals surface area (Å²) < 4.78 is 5.25. The van der Waals surface area contributed by atoms with Crippen LogP contribution in [0, 0.1) is 11.3 Å². The lowest BCUT2D eigenvalue weighted by molar-refractivity contribution is -0.156. The molecular formula is C13H22N2O4. The van der Waals surface area contributed by atoms with Gasteiger partial charge in [-0.1, -0.05) is 0 Å². The van der Waals surface area contributed by atoms with E-state index in [9.17, 15) is 9.59 Å². The Morgan fingerprint density at radius 1 is 1.37 bits per heavy atom. The highest BCUT2D eigenvalue weighted by Crippen LogP contribution is 2.34. The van der Waals surface area contributed by atoms with Gasteiger partial charge in [-0.05, 0) is 25.9 Å². The van der Waals surface area contributed by atoms with Crippen LogP contribution in [-0.4, -0.2) is 61.8 Å². The van der Waals surface area contributed by atoms with Gasteiger partial charge in [-0.2, -0.15) is 0 Å². The predicted molar refractivity (Wildman–Crippen MR) is 68.7 cm³/mol. The van der Waals surface area contributed by atoms with Gasteiger partial charge in [0.25, 0.3) is 0 Å². The Bertz CT molecular complexity index is 341. The standard InChI is InChI=1S/C13H22N2O4/c1-19-9-13(2-4-14-5-3-13)12(18)15-7-10(8-15)6-11(16)17/h10,14H,2-9H2,1H3,(H,16,17). The number of methoxy groups -OCH3 is 1. The summed E-state index contributed by atoms with van der Waals surface area (Å²) in [5.41, 5.74) is -0.409. The minimum Gasteiger partial charge on any atom is -0.481 e. The summed E-state index contributed by atoms with van der Waals surface area (Å²) in [4.78, 5) is 25.0. The lowest BCUT2D eigenvalue weighted by Gasteiger charge is -2.46. The monoisotopic (exact) mass is 270 g/mol. The molecule has 0 aromatic heterocycles. The zero-order valence-corrected chi connectivity index (χ0v) is 11.4. The fourth-order valence-electron chi connectivity index (χ4n) is 3.05. The molecule has 0 aromatic rings. The first-order valence-corrected chi connectivity index (χ1v) is 6.78. The van der Waals surface area contributed by atoms with E-state index in [0.29, 0.717) is 19.7 Å². The molecule has 19 heavy (non-hydrogen) atoms. The van der Waals surface area contributed by atoms with Crippen molar-refractivity contribution in [2.24, 2.45) is 11.3 Å². The number of carbonyl (C=O) groups is 2. The Hall–Kier alpha value is -1.14. The molecule has 6 heteroatoms. The molecule has 0 aromatic carbocycles. The van der Waals surface area contributed by atoms with Gasteiger partial charge in [-0.25, -0.2) is 0 Å². The Morgan fingerprint density at radius 3 is 2.53 bits per heavy atom. The second kappa shape index (κ2) is 5.88. The number of carboxylic acids is 1. The fraction of sp³-hybridized carbons (Fsp3) is 0.846. The summed E-state index contributed by atoms with van der Waals surface area (Å²) in [6.45, 7) is 3.27. The molecule has 1 amide bonds. The third-order valence-electron chi connectivity index (χ3n) is 4.14. The molecule has 2 aliphatic rings. The van der Waals surface area contributed by atoms with Crippen molar-refractivity contribution in [2.75, 3.05) is 39.9 Å². The van der Waals surface area contributed by atoms with Crippen LogP contribution in [0.15, 0.2) is 0 Å². The second-order valence-electron chi connectivity index (χ2n) is 5.64. The van der Waals surface area contributed by atoms with Crippen molar-refractivity contribution in [3.05, 3.63) is 0 Å². The number of likely N-dealkylation sites (tertiary alicyclic amines) is 1. The Labute approximate surface area is 113 Å². The van der Waals surface area contributed by atoms with Crippen LogP contribution < -0.4 is 5.32 Å². The Kier molecular flexibility index (Phi) is 4.42. The number of ether oxygens (including phenoxy) is 1. The van der Waals surface area contributed by atoms with Crippen molar-refractivity contribution in [3.8, 4) is 0 Å². The molecule has 2 fully saturated rings. The summed E-state index contributed by atoms with van der Waals surface area (Å²) in [6.07, 6.45) is 1.74. The van der Waals surface area contributed by atoms with E-state index >= 15 is 0 Å². The highest BCUT2D eigenvalue weighted by atomic mass is 16.5. The van der Waals surface area contributed by atoms with Crippen LogP contribution in [0.2, 0.25) is 0 Å². The van der Waals surface area contributed by atoms with Crippen LogP contribution in [0.25, 0.3) is 0 Å². The average molecular weight is 270 g/mol. The van der Waals surface area contributed by atoms with Crippen molar-refractivity contribution >= 4 is 11.9 Å². The number of hydrogen-bond donors (Lipinski definition) is 2. The van der Waals surface area contributed by atoms with E-state index in [-0.39, 0.29) is 18.2 Å². The first-order valence-electron chi connectivity index (χ1n) is 6.78. The van der Waals surface area contributed by atoms with Crippen molar-refractivity contribution in [3.63, 3.8) is 0 Å². The van der Waals surface area contributed by atoms with Crippen LogP contribution >= 0.6 is 0 Å². The van der Waals surface area contributed by atoms with Crippen LogP contribution in [0.1, 0.15) is 19.3 Å². The molecule has 2 rings (SSSR count). The van der Waals surface area contributed by atoms with E-state index in [1.807, 2.05) is 0 Å². The summed E-state index contributed by atoms with van der Waals surface area (Å²) >= 11 is 0. The van der Waals surface area contributed by atoms with Gasteiger partial charge in [0.05, 0.1) is 18.4 Å². The van der Waals surface area contributed by atoms with Gasteiger partial charge in [0.15, 0.2) is 0 Å². The van der Waals surface area contributed by atoms with Gasteiger partial charge in [0, 0.05) is 26.1 Å². The first kappa shape index (κ1) is 14.3. The Morgan fingerprint density at radius 2 is 2.00 bits per heavy atom. The van der Waals surface area contributed by atoms with Gasteiger partial charge in [0.1, 0.15) is 0 Å². The van der Waals surface area contributed by atoms with E-state index in [1.54, 1.807) is 12.0 Å². The van der Waals surface area contributed by atoms with E-state index in [4.69, 9.17) is 9.84 Å². The maximum atomic E-state index is 12.6. The number of hydrogen-bond acceptors (Lipinski definition) is 4. The van der Waals surface area contributed by atoms with Crippen LogP contribution in [-0.2, 0) is 14.3 Å². The number of piperidine rings is 1. The molecule has 2 N–H and O–H groups in total. The summed E-state index contributed by atoms with van der Waals surface area (Å²) in [5, 5.41) is 12.0. The number of carbonyl (C=O) groups excluding carboxylic acids is 1. The highest BCUT2D eigenvalue weighted by molar-refractivity contribution is 5.84. The fourth-order valence-corrected chi connectivity index (χ4v) is 3.05. The van der Waals surface area contributed by atoms with Crippen LogP contribution in [0.4, 0.5) is 0 Å². The van der Waals surface area contributed by atoms with Gasteiger partial charge in [0.2, 0.25) is 5.91 Å². The minimum absolute atomic E-state index is 0.114. The summed E-state index contributed by atoms with van der Waals surface area (Å²) in [7, 11) is 1.63. The number of nitrogens with one attached hydrogen (secondary N) is 1. The van der Waals surface area contributed by atoms with Crippen molar-refractivity contribution in [1.82, 2.24) is 10.2 Å². The largest absolute Gasteiger partial charge is 0.481 e. The molecule has 2 aliphatic heterocycles. The SMILES string of the molecule is COCC1(C(=O)N2CC(CC(=O)O)C2)CCNCC1. The van der Waals surface area contributed by atoms with Crippen LogP contribution in [0.5, 0.6) is 0 Å². The zero-order valence-electron chi connectivity index (χ0n) is 11.4. The highest BCUT2D eigenvalue weighted by Gasteiger charge is 2.45. The number of amides is 1. The second-order valence-corrected chi connectivity index (χ2v) is 5.64. The number of aliphatic carboxylic acids is 1. The molecule has 108 valence electrons. The molecule has 0 radical (unpaired) electrons. The third kappa shape index (κ3) is 3.06. The molecule has 0 aliphatic carbocycles. The number of rotatable bonds is 5. The molecule has 0 spiro atoms. The maximum absolute atomic E-state index is 12.6. The molecule has 2 heterocycles. The van der Waals surface area contributed by atoms with Gasteiger partial charge in [-0.3, -0.25) is 9.59 Å². The smallest absolute Gasteiger partial charge is 0.303 e. The van der Waals surface area contributed by atoms with Crippen molar-refractivity contribution < 1.29 is 19.4 Å². The zero-order chi connectivity index (χ0) is 13.9. The first-order chi connectivity index (χ1) is 9.07. The molecule has 0 unspecified atom stereocenters. The topological polar surface area (TPSA) is 78.9 Å². The molecule has 2 saturated heterocycles. The molecule has 6 nitrogen and oxygen atoms in total. The molecule has 0 atom stereocenters. The van der Waals surface area contributed by atoms with Gasteiger partial charge in [-0.15, -0.1) is 0 Å². The van der Waals surface area contributed by atoms with Crippen LogP contribution in [0.3, 0.4) is 0 Å². The lowest BCUT2D eigenvalue weighted by Crippen LogP contribution is -2.58. The predicted octanol–water partition coefficient (Wildman–Crippen LogP) is -0.0643. The normalized spacial score (nSPS) is 22.9. The van der Waals surface area contributed by atoms with Crippen molar-refractivity contribution in [2.45, 2.75) is 19.3 Å². The van der Waals surface area contributed by atoms with E-state index in [1.165, 1.54) is 0 Å². The average Bonchev–Trinajstić information content (AvgIpc) is 2.34. The lowest BCUT2D eigenvalue weighted by atomic mass is 9.77. The van der Waals surface area contributed by atoms with Crippen molar-refractivity contribution in [1.29, 1.82) is 0 Å². The van der Waals surface area contributed by atoms with E-state index in [0.717, 1.165) is 25.9 Å². The summed E-state index contributed by atoms with van der Waals surface area (Å²) in [5.74, 6) is -0.536. The van der Waals surface area contributed by atoms with E-state index < -0.39 is 11.4 Å². The van der Waals surface area contributed by atoms with E-state index in [2.05, 4.69) is 5.32 Å². The van der Waals surface area contributed by atoms with Gasteiger partial charge < -0.3 is 20.1 Å². The maximum Gasteiger partial charge on any atom is 0.303 e. The number of carboxylic acid groups (broad SMARTS) is 1. The molecule has 0 saturated carbocycles. The van der Waals surface area contributed by atoms with Gasteiger partial charge >= 0.3 is 5.97 Å². The third-order valence-corrected chi connectivity index (χ3v) is 4.14. The molecule has 0 bridgehead atoms. The Balaban J connectivity index is 1.92. The minimum atomic E-state index is -0.787. The number of nitrogens with zero attached hydrogens (tertiary/aromatic N) is 1. The quantitative estimate of drug-likeness (QED) is 0.731. The molecular weight excluding hydrogens is 248 g/mol. The summed E-state index contributed by atoms with van der Waals surface area (Å²) in [6, 6.07) is 0.